The Labute approximate surface area is 140 Å². The molecular weight excluding hydrogens is 312 g/mol. The van der Waals surface area contributed by atoms with Crippen molar-refractivity contribution in [3.8, 4) is 5.75 Å². The van der Waals surface area contributed by atoms with E-state index in [0.717, 1.165) is 38.5 Å². The minimum atomic E-state index is -2.82. The molecule has 0 N–H and O–H groups in total. The average molecular weight is 333 g/mol. The van der Waals surface area contributed by atoms with E-state index < -0.39 is 6.61 Å². The molecule has 1 saturated heterocycles. The number of alkyl halides is 2. The Hall–Kier alpha value is -2.21. The second-order valence-corrected chi connectivity index (χ2v) is 5.98. The normalized spacial score (nSPS) is 15.8. The number of pyridine rings is 1. The van der Waals surface area contributed by atoms with Crippen molar-refractivity contribution in [1.82, 2.24) is 9.88 Å². The summed E-state index contributed by atoms with van der Waals surface area (Å²) in [5, 5.41) is 0. The van der Waals surface area contributed by atoms with E-state index in [1.165, 1.54) is 23.4 Å². The van der Waals surface area contributed by atoms with Crippen LogP contribution in [0.3, 0.4) is 0 Å². The van der Waals surface area contributed by atoms with Crippen LogP contribution in [0.2, 0.25) is 0 Å². The van der Waals surface area contributed by atoms with Crippen LogP contribution in [-0.2, 0) is 6.54 Å². The second kappa shape index (κ2) is 7.57. The topological polar surface area (TPSA) is 28.6 Å². The molecule has 1 fully saturated rings. The highest BCUT2D eigenvalue weighted by Gasteiger charge is 2.18. The van der Waals surface area contributed by atoms with Gasteiger partial charge in [-0.2, -0.15) is 8.78 Å². The first-order chi connectivity index (χ1) is 11.6. The monoisotopic (exact) mass is 333 g/mol. The summed E-state index contributed by atoms with van der Waals surface area (Å²) >= 11 is 0. The Morgan fingerprint density at radius 1 is 1.12 bits per heavy atom. The van der Waals surface area contributed by atoms with Gasteiger partial charge in [0.25, 0.3) is 0 Å². The Morgan fingerprint density at radius 2 is 1.92 bits per heavy atom. The molecule has 0 saturated carbocycles. The Balaban J connectivity index is 1.53. The van der Waals surface area contributed by atoms with Crippen molar-refractivity contribution in [3.63, 3.8) is 0 Å². The molecule has 1 aliphatic rings. The maximum absolute atomic E-state index is 12.2. The molecule has 0 amide bonds. The zero-order chi connectivity index (χ0) is 16.9. The molecule has 4 nitrogen and oxygen atoms in total. The molecule has 1 aromatic heterocycles. The molecule has 6 heteroatoms. The maximum Gasteiger partial charge on any atom is 0.387 e. The van der Waals surface area contributed by atoms with Crippen molar-refractivity contribution in [2.45, 2.75) is 20.1 Å². The first kappa shape index (κ1) is 16.6. The lowest BCUT2D eigenvalue weighted by molar-refractivity contribution is -0.0500. The lowest BCUT2D eigenvalue weighted by atomic mass is 10.1. The lowest BCUT2D eigenvalue weighted by Crippen LogP contribution is -2.46. The van der Waals surface area contributed by atoms with Crippen LogP contribution in [0.4, 0.5) is 14.6 Å². The maximum atomic E-state index is 12.2. The van der Waals surface area contributed by atoms with Gasteiger partial charge in [-0.3, -0.25) is 4.90 Å². The van der Waals surface area contributed by atoms with Crippen LogP contribution >= 0.6 is 0 Å². The van der Waals surface area contributed by atoms with Gasteiger partial charge in [-0.1, -0.05) is 29.8 Å². The van der Waals surface area contributed by atoms with Gasteiger partial charge in [-0.15, -0.1) is 0 Å². The van der Waals surface area contributed by atoms with E-state index in [2.05, 4.69) is 50.7 Å². The smallest absolute Gasteiger partial charge is 0.387 e. The largest absolute Gasteiger partial charge is 0.433 e. The van der Waals surface area contributed by atoms with Crippen LogP contribution in [0.25, 0.3) is 0 Å². The predicted molar refractivity (Wildman–Crippen MR) is 89.5 cm³/mol. The zero-order valence-corrected chi connectivity index (χ0v) is 13.7. The van der Waals surface area contributed by atoms with Gasteiger partial charge in [-0.05, 0) is 24.6 Å². The molecule has 24 heavy (non-hydrogen) atoms. The summed E-state index contributed by atoms with van der Waals surface area (Å²) < 4.78 is 28.6. The molecule has 1 aliphatic heterocycles. The van der Waals surface area contributed by atoms with Crippen molar-refractivity contribution < 1.29 is 13.5 Å². The van der Waals surface area contributed by atoms with E-state index >= 15 is 0 Å². The summed E-state index contributed by atoms with van der Waals surface area (Å²) in [6.07, 6.45) is 1.35. The number of halogens is 2. The molecule has 0 aliphatic carbocycles. The quantitative estimate of drug-likeness (QED) is 0.839. The SMILES string of the molecule is Cc1cccc(CN2CCN(c3ccc(OC(F)F)cn3)CC2)c1. The van der Waals surface area contributed by atoms with Gasteiger partial charge in [0, 0.05) is 32.7 Å². The number of ether oxygens (including phenoxy) is 1. The van der Waals surface area contributed by atoms with Gasteiger partial charge in [-0.25, -0.2) is 4.98 Å². The number of piperazine rings is 1. The number of rotatable bonds is 5. The molecule has 1 aromatic carbocycles. The highest BCUT2D eigenvalue weighted by Crippen LogP contribution is 2.19. The van der Waals surface area contributed by atoms with Gasteiger partial charge in [0.05, 0.1) is 6.20 Å². The van der Waals surface area contributed by atoms with Gasteiger partial charge in [0.1, 0.15) is 11.6 Å². The Kier molecular flexibility index (Phi) is 5.25. The zero-order valence-electron chi connectivity index (χ0n) is 13.7. The van der Waals surface area contributed by atoms with Crippen LogP contribution in [0.5, 0.6) is 5.75 Å². The molecule has 0 radical (unpaired) electrons. The third-order valence-electron chi connectivity index (χ3n) is 4.13. The van der Waals surface area contributed by atoms with Crippen LogP contribution in [-0.4, -0.2) is 42.7 Å². The average Bonchev–Trinajstić information content (AvgIpc) is 2.56. The van der Waals surface area contributed by atoms with Crippen molar-refractivity contribution in [3.05, 3.63) is 53.7 Å². The van der Waals surface area contributed by atoms with Crippen molar-refractivity contribution in [2.24, 2.45) is 0 Å². The Bertz CT molecular complexity index is 656. The molecule has 0 atom stereocenters. The van der Waals surface area contributed by atoms with Crippen LogP contribution in [0.1, 0.15) is 11.1 Å². The molecule has 2 heterocycles. The summed E-state index contributed by atoms with van der Waals surface area (Å²) in [5.41, 5.74) is 2.61. The number of aryl methyl sites for hydroxylation is 1. The highest BCUT2D eigenvalue weighted by atomic mass is 19.3. The number of hydrogen-bond donors (Lipinski definition) is 0. The van der Waals surface area contributed by atoms with Gasteiger partial charge < -0.3 is 9.64 Å². The molecular formula is C18H21F2N3O. The van der Waals surface area contributed by atoms with Gasteiger partial charge in [0.15, 0.2) is 0 Å². The molecule has 128 valence electrons. The third-order valence-corrected chi connectivity index (χ3v) is 4.13. The Morgan fingerprint density at radius 3 is 2.54 bits per heavy atom. The summed E-state index contributed by atoms with van der Waals surface area (Å²) in [4.78, 5) is 8.81. The van der Waals surface area contributed by atoms with Crippen LogP contribution in [0.15, 0.2) is 42.6 Å². The van der Waals surface area contributed by atoms with E-state index in [-0.39, 0.29) is 5.75 Å². The predicted octanol–water partition coefficient (Wildman–Crippen LogP) is 3.31. The fourth-order valence-electron chi connectivity index (χ4n) is 2.94. The van der Waals surface area contributed by atoms with E-state index in [1.54, 1.807) is 6.07 Å². The van der Waals surface area contributed by atoms with E-state index in [1.807, 2.05) is 0 Å². The molecule has 3 rings (SSSR count). The molecule has 0 unspecified atom stereocenters. The van der Waals surface area contributed by atoms with Gasteiger partial charge >= 0.3 is 6.61 Å². The molecule has 0 bridgehead atoms. The summed E-state index contributed by atoms with van der Waals surface area (Å²) in [6.45, 7) is 3.87. The minimum absolute atomic E-state index is 0.0897. The summed E-state index contributed by atoms with van der Waals surface area (Å²) in [7, 11) is 0. The fourth-order valence-corrected chi connectivity index (χ4v) is 2.94. The fraction of sp³-hybridized carbons (Fsp3) is 0.389. The molecule has 2 aromatic rings. The number of nitrogens with zero attached hydrogens (tertiary/aromatic N) is 3. The van der Waals surface area contributed by atoms with Crippen molar-refractivity contribution in [1.29, 1.82) is 0 Å². The number of anilines is 1. The third kappa shape index (κ3) is 4.41. The highest BCUT2D eigenvalue weighted by molar-refractivity contribution is 5.41. The molecule has 0 spiro atoms. The van der Waals surface area contributed by atoms with E-state index in [0.29, 0.717) is 0 Å². The van der Waals surface area contributed by atoms with Crippen LogP contribution in [0, 0.1) is 6.92 Å². The van der Waals surface area contributed by atoms with E-state index in [9.17, 15) is 8.78 Å². The lowest BCUT2D eigenvalue weighted by Gasteiger charge is -2.35. The number of benzene rings is 1. The standard InChI is InChI=1S/C18H21F2N3O/c1-14-3-2-4-15(11-14)13-22-7-9-23(10-8-22)17-6-5-16(12-21-17)24-18(19)20/h2-6,11-12,18H,7-10,13H2,1H3. The second-order valence-electron chi connectivity index (χ2n) is 5.98. The first-order valence-electron chi connectivity index (χ1n) is 8.04. The van der Waals surface area contributed by atoms with Crippen molar-refractivity contribution >= 4 is 5.82 Å². The summed E-state index contributed by atoms with van der Waals surface area (Å²) in [6, 6.07) is 11.8. The first-order valence-corrected chi connectivity index (χ1v) is 8.04. The minimum Gasteiger partial charge on any atom is -0.433 e. The van der Waals surface area contributed by atoms with Crippen molar-refractivity contribution in [2.75, 3.05) is 31.1 Å². The number of aromatic nitrogens is 1. The van der Waals surface area contributed by atoms with E-state index in [4.69, 9.17) is 0 Å². The van der Waals surface area contributed by atoms with Gasteiger partial charge in [0.2, 0.25) is 0 Å². The van der Waals surface area contributed by atoms with Crippen LogP contribution < -0.4 is 9.64 Å². The number of hydrogen-bond acceptors (Lipinski definition) is 4. The summed E-state index contributed by atoms with van der Waals surface area (Å²) in [5.74, 6) is 0.888.